The van der Waals surface area contributed by atoms with Crippen LogP contribution >= 0.6 is 0 Å². The summed E-state index contributed by atoms with van der Waals surface area (Å²) in [5.41, 5.74) is 2.14. The van der Waals surface area contributed by atoms with E-state index in [-0.39, 0.29) is 22.8 Å². The highest BCUT2D eigenvalue weighted by Crippen LogP contribution is 2.49. The van der Waals surface area contributed by atoms with Crippen LogP contribution in [-0.2, 0) is 14.9 Å². The zero-order valence-electron chi connectivity index (χ0n) is 16.6. The van der Waals surface area contributed by atoms with Crippen molar-refractivity contribution in [3.63, 3.8) is 0 Å². The number of benzene rings is 1. The van der Waals surface area contributed by atoms with Gasteiger partial charge in [-0.2, -0.15) is 0 Å². The van der Waals surface area contributed by atoms with E-state index < -0.39 is 0 Å². The SMILES string of the molecule is CCOC(=O)N1CC2(CCN(C3CCC4(CC3)C(=O)Nc3ccccc34)C2)C1. The van der Waals surface area contributed by atoms with Crippen LogP contribution in [0.3, 0.4) is 0 Å². The summed E-state index contributed by atoms with van der Waals surface area (Å²) < 4.78 is 5.12. The molecule has 3 heterocycles. The molecule has 3 fully saturated rings. The van der Waals surface area contributed by atoms with Crippen molar-refractivity contribution in [1.29, 1.82) is 0 Å². The van der Waals surface area contributed by atoms with Crippen LogP contribution in [0.15, 0.2) is 24.3 Å². The van der Waals surface area contributed by atoms with Crippen LogP contribution in [0.5, 0.6) is 0 Å². The number of hydrogen-bond donors (Lipinski definition) is 1. The van der Waals surface area contributed by atoms with E-state index in [1.54, 1.807) is 0 Å². The number of amides is 2. The Morgan fingerprint density at radius 3 is 2.68 bits per heavy atom. The number of anilines is 1. The number of para-hydroxylation sites is 1. The lowest BCUT2D eigenvalue weighted by Crippen LogP contribution is -2.60. The lowest BCUT2D eigenvalue weighted by molar-refractivity contribution is -0.122. The average molecular weight is 383 g/mol. The van der Waals surface area contributed by atoms with Crippen molar-refractivity contribution in [3.8, 4) is 0 Å². The van der Waals surface area contributed by atoms with Gasteiger partial charge in [0.1, 0.15) is 0 Å². The van der Waals surface area contributed by atoms with Gasteiger partial charge in [0.15, 0.2) is 0 Å². The smallest absolute Gasteiger partial charge is 0.409 e. The Morgan fingerprint density at radius 2 is 1.93 bits per heavy atom. The number of nitrogens with zero attached hydrogens (tertiary/aromatic N) is 2. The molecule has 0 radical (unpaired) electrons. The van der Waals surface area contributed by atoms with E-state index in [0.29, 0.717) is 12.6 Å². The van der Waals surface area contributed by atoms with Crippen LogP contribution < -0.4 is 5.32 Å². The molecule has 2 spiro atoms. The zero-order chi connectivity index (χ0) is 19.4. The van der Waals surface area contributed by atoms with E-state index in [1.165, 1.54) is 5.56 Å². The van der Waals surface area contributed by atoms with Gasteiger partial charge in [-0.25, -0.2) is 4.79 Å². The molecule has 4 aliphatic rings. The van der Waals surface area contributed by atoms with Crippen molar-refractivity contribution in [2.24, 2.45) is 5.41 Å². The minimum absolute atomic E-state index is 0.169. The molecule has 1 saturated carbocycles. The lowest BCUT2D eigenvalue weighted by Gasteiger charge is -2.48. The maximum Gasteiger partial charge on any atom is 0.409 e. The van der Waals surface area contributed by atoms with Crippen molar-refractivity contribution in [2.45, 2.75) is 50.5 Å². The molecule has 28 heavy (non-hydrogen) atoms. The molecule has 150 valence electrons. The predicted octanol–water partition coefficient (Wildman–Crippen LogP) is 2.98. The fourth-order valence-electron chi connectivity index (χ4n) is 5.98. The molecule has 6 heteroatoms. The van der Waals surface area contributed by atoms with E-state index >= 15 is 0 Å². The number of carbonyl (C=O) groups is 2. The third kappa shape index (κ3) is 2.65. The third-order valence-electron chi connectivity index (χ3n) is 7.50. The van der Waals surface area contributed by atoms with Crippen LogP contribution in [0.25, 0.3) is 0 Å². The second-order valence-corrected chi connectivity index (χ2v) is 9.09. The van der Waals surface area contributed by atoms with Gasteiger partial charge in [-0.1, -0.05) is 18.2 Å². The van der Waals surface area contributed by atoms with Gasteiger partial charge in [0.25, 0.3) is 0 Å². The third-order valence-corrected chi connectivity index (χ3v) is 7.50. The van der Waals surface area contributed by atoms with Gasteiger partial charge in [-0.15, -0.1) is 0 Å². The second kappa shape index (κ2) is 6.48. The Morgan fingerprint density at radius 1 is 1.18 bits per heavy atom. The molecule has 3 aliphatic heterocycles. The Hall–Kier alpha value is -2.08. The van der Waals surface area contributed by atoms with Gasteiger partial charge in [0.2, 0.25) is 5.91 Å². The summed E-state index contributed by atoms with van der Waals surface area (Å²) in [5.74, 6) is 0.189. The highest BCUT2D eigenvalue weighted by atomic mass is 16.6. The summed E-state index contributed by atoms with van der Waals surface area (Å²) >= 11 is 0. The molecular formula is C22H29N3O3. The topological polar surface area (TPSA) is 61.9 Å². The number of hydrogen-bond acceptors (Lipinski definition) is 4. The largest absolute Gasteiger partial charge is 0.450 e. The Bertz CT molecular complexity index is 794. The van der Waals surface area contributed by atoms with Gasteiger partial charge in [0, 0.05) is 36.8 Å². The number of ether oxygens (including phenoxy) is 1. The fourth-order valence-corrected chi connectivity index (χ4v) is 5.98. The monoisotopic (exact) mass is 383 g/mol. The minimum atomic E-state index is -0.318. The number of nitrogens with one attached hydrogen (secondary N) is 1. The summed E-state index contributed by atoms with van der Waals surface area (Å²) in [5, 5.41) is 3.10. The normalized spacial score (nSPS) is 31.0. The quantitative estimate of drug-likeness (QED) is 0.853. The van der Waals surface area contributed by atoms with E-state index in [2.05, 4.69) is 16.3 Å². The van der Waals surface area contributed by atoms with Gasteiger partial charge < -0.3 is 15.0 Å². The number of rotatable bonds is 2. The molecule has 0 unspecified atom stereocenters. The molecule has 0 aromatic heterocycles. The summed E-state index contributed by atoms with van der Waals surface area (Å²) in [6, 6.07) is 8.73. The van der Waals surface area contributed by atoms with E-state index in [9.17, 15) is 9.59 Å². The molecule has 1 aliphatic carbocycles. The number of fused-ring (bicyclic) bond motifs is 2. The van der Waals surface area contributed by atoms with Crippen molar-refractivity contribution in [1.82, 2.24) is 9.80 Å². The predicted molar refractivity (Wildman–Crippen MR) is 106 cm³/mol. The Kier molecular flexibility index (Phi) is 4.16. The van der Waals surface area contributed by atoms with Crippen molar-refractivity contribution < 1.29 is 14.3 Å². The number of likely N-dealkylation sites (tertiary alicyclic amines) is 2. The fraction of sp³-hybridized carbons (Fsp3) is 0.636. The Balaban J connectivity index is 1.20. The van der Waals surface area contributed by atoms with Crippen LogP contribution in [0.1, 0.15) is 44.6 Å². The molecule has 0 bridgehead atoms. The van der Waals surface area contributed by atoms with Crippen molar-refractivity contribution in [2.75, 3.05) is 38.1 Å². The standard InChI is InChI=1S/C22H29N3O3/c1-2-28-20(27)25-14-21(15-25)11-12-24(13-21)16-7-9-22(10-8-16)17-5-3-4-6-18(17)23-19(22)26/h3-6,16H,2,7-15H2,1H3,(H,23,26). The maximum absolute atomic E-state index is 12.8. The molecular weight excluding hydrogens is 354 g/mol. The molecule has 6 nitrogen and oxygen atoms in total. The summed E-state index contributed by atoms with van der Waals surface area (Å²) in [6.45, 7) is 6.13. The molecule has 1 N–H and O–H groups in total. The molecule has 1 aromatic rings. The number of carbonyl (C=O) groups excluding carboxylic acids is 2. The lowest BCUT2D eigenvalue weighted by atomic mass is 9.68. The van der Waals surface area contributed by atoms with E-state index in [4.69, 9.17) is 4.74 Å². The van der Waals surface area contributed by atoms with Crippen LogP contribution in [0.2, 0.25) is 0 Å². The molecule has 1 aromatic carbocycles. The first-order chi connectivity index (χ1) is 13.6. The highest BCUT2D eigenvalue weighted by Gasteiger charge is 2.53. The van der Waals surface area contributed by atoms with Crippen molar-refractivity contribution in [3.05, 3.63) is 29.8 Å². The van der Waals surface area contributed by atoms with Crippen LogP contribution in [0, 0.1) is 5.41 Å². The van der Waals surface area contributed by atoms with Gasteiger partial charge in [0.05, 0.1) is 12.0 Å². The Labute approximate surface area is 166 Å². The first-order valence-electron chi connectivity index (χ1n) is 10.6. The first kappa shape index (κ1) is 18.0. The minimum Gasteiger partial charge on any atom is -0.450 e. The molecule has 2 saturated heterocycles. The zero-order valence-corrected chi connectivity index (χ0v) is 16.6. The summed E-state index contributed by atoms with van der Waals surface area (Å²) in [4.78, 5) is 29.1. The maximum atomic E-state index is 12.8. The summed E-state index contributed by atoms with van der Waals surface area (Å²) in [7, 11) is 0. The highest BCUT2D eigenvalue weighted by molar-refractivity contribution is 6.06. The molecule has 5 rings (SSSR count). The molecule has 0 atom stereocenters. The second-order valence-electron chi connectivity index (χ2n) is 9.09. The van der Waals surface area contributed by atoms with E-state index in [0.717, 1.165) is 64.0 Å². The van der Waals surface area contributed by atoms with Gasteiger partial charge >= 0.3 is 6.09 Å². The molecule has 2 amide bonds. The average Bonchev–Trinajstić information content (AvgIpc) is 3.23. The first-order valence-corrected chi connectivity index (χ1v) is 10.6. The van der Waals surface area contributed by atoms with E-state index in [1.807, 2.05) is 30.0 Å². The summed E-state index contributed by atoms with van der Waals surface area (Å²) in [6.07, 6.45) is 4.99. The van der Waals surface area contributed by atoms with Gasteiger partial charge in [-0.05, 0) is 57.2 Å². The van der Waals surface area contributed by atoms with Crippen molar-refractivity contribution >= 4 is 17.7 Å². The van der Waals surface area contributed by atoms with Gasteiger partial charge in [-0.3, -0.25) is 9.69 Å². The van der Waals surface area contributed by atoms with Crippen LogP contribution in [0.4, 0.5) is 10.5 Å². The van der Waals surface area contributed by atoms with Crippen LogP contribution in [-0.4, -0.2) is 60.6 Å².